The molecule has 3 aromatic rings. The van der Waals surface area contributed by atoms with E-state index in [1.54, 1.807) is 31.2 Å². The zero-order valence-electron chi connectivity index (χ0n) is 16.5. The molecule has 1 amide bonds. The van der Waals surface area contributed by atoms with Gasteiger partial charge in [0, 0.05) is 4.88 Å². The van der Waals surface area contributed by atoms with Crippen LogP contribution in [0.5, 0.6) is 11.5 Å². The summed E-state index contributed by atoms with van der Waals surface area (Å²) in [5.74, 6) is 0.684. The molecule has 0 atom stereocenters. The monoisotopic (exact) mass is 443 g/mol. The van der Waals surface area contributed by atoms with Gasteiger partial charge in [0.05, 0.1) is 17.7 Å². The summed E-state index contributed by atoms with van der Waals surface area (Å²) in [6, 6.07) is 19.5. The molecule has 0 aliphatic heterocycles. The van der Waals surface area contributed by atoms with Crippen molar-refractivity contribution in [2.24, 2.45) is 5.10 Å². The van der Waals surface area contributed by atoms with Crippen molar-refractivity contribution < 1.29 is 17.9 Å². The Balaban J connectivity index is 1.70. The number of hydrogen-bond acceptors (Lipinski definition) is 6. The molecule has 1 heterocycles. The highest BCUT2D eigenvalue weighted by atomic mass is 32.2. The van der Waals surface area contributed by atoms with Crippen molar-refractivity contribution in [3.05, 3.63) is 77.0 Å². The molecule has 0 saturated heterocycles. The fourth-order valence-electron chi connectivity index (χ4n) is 2.56. The largest absolute Gasteiger partial charge is 0.457 e. The lowest BCUT2D eigenvalue weighted by molar-refractivity contribution is -0.119. The first-order valence-electron chi connectivity index (χ1n) is 9.00. The second-order valence-electron chi connectivity index (χ2n) is 6.39. The highest BCUT2D eigenvalue weighted by Gasteiger charge is 2.21. The van der Waals surface area contributed by atoms with Crippen LogP contribution in [0.1, 0.15) is 11.8 Å². The van der Waals surface area contributed by atoms with Crippen molar-refractivity contribution in [3.63, 3.8) is 0 Å². The van der Waals surface area contributed by atoms with Crippen molar-refractivity contribution in [1.29, 1.82) is 0 Å². The van der Waals surface area contributed by atoms with Gasteiger partial charge >= 0.3 is 0 Å². The van der Waals surface area contributed by atoms with E-state index in [9.17, 15) is 13.2 Å². The summed E-state index contributed by atoms with van der Waals surface area (Å²) in [5.41, 5.74) is 3.41. The number of sulfonamides is 1. The van der Waals surface area contributed by atoms with E-state index in [2.05, 4.69) is 10.5 Å². The zero-order chi connectivity index (χ0) is 21.6. The number of amides is 1. The minimum absolute atomic E-state index is 0.354. The van der Waals surface area contributed by atoms with Crippen LogP contribution in [-0.4, -0.2) is 32.8 Å². The number of rotatable bonds is 8. The normalized spacial score (nSPS) is 11.7. The average molecular weight is 444 g/mol. The smallest absolute Gasteiger partial charge is 0.260 e. The Kier molecular flexibility index (Phi) is 6.86. The lowest BCUT2D eigenvalue weighted by Gasteiger charge is -2.21. The number of nitrogens with zero attached hydrogens (tertiary/aromatic N) is 2. The van der Waals surface area contributed by atoms with Crippen LogP contribution in [0.4, 0.5) is 5.69 Å². The summed E-state index contributed by atoms with van der Waals surface area (Å²) in [4.78, 5) is 13.2. The van der Waals surface area contributed by atoms with Gasteiger partial charge in [-0.25, -0.2) is 13.8 Å². The Morgan fingerprint density at radius 2 is 1.70 bits per heavy atom. The van der Waals surface area contributed by atoms with Crippen molar-refractivity contribution in [2.75, 3.05) is 17.1 Å². The predicted molar refractivity (Wildman–Crippen MR) is 120 cm³/mol. The molecule has 0 saturated carbocycles. The summed E-state index contributed by atoms with van der Waals surface area (Å²) in [7, 11) is -3.68. The average Bonchev–Trinajstić information content (AvgIpc) is 3.26. The number of anilines is 1. The van der Waals surface area contributed by atoms with Crippen LogP contribution in [0.3, 0.4) is 0 Å². The molecule has 9 heteroatoms. The van der Waals surface area contributed by atoms with E-state index >= 15 is 0 Å². The molecule has 156 valence electrons. The number of carbonyl (C=O) groups excluding carboxylic acids is 1. The third-order valence-electron chi connectivity index (χ3n) is 4.02. The second kappa shape index (κ2) is 9.55. The SMILES string of the molecule is C/C(=N/NC(=O)CN(c1ccc(Oc2ccccc2)cc1)S(C)(=O)=O)c1cccs1. The Morgan fingerprint density at radius 1 is 1.03 bits per heavy atom. The highest BCUT2D eigenvalue weighted by Crippen LogP contribution is 2.25. The Hall–Kier alpha value is -3.17. The fourth-order valence-corrected chi connectivity index (χ4v) is 4.09. The first-order valence-corrected chi connectivity index (χ1v) is 11.7. The number of hydrazone groups is 1. The van der Waals surface area contributed by atoms with E-state index in [0.29, 0.717) is 22.9 Å². The van der Waals surface area contributed by atoms with Crippen molar-refractivity contribution in [1.82, 2.24) is 5.43 Å². The number of benzene rings is 2. The lowest BCUT2D eigenvalue weighted by Crippen LogP contribution is -2.39. The molecule has 0 spiro atoms. The van der Waals surface area contributed by atoms with Gasteiger partial charge in [0.2, 0.25) is 10.0 Å². The predicted octanol–water partition coefficient (Wildman–Crippen LogP) is 3.85. The molecular weight excluding hydrogens is 422 g/mol. The second-order valence-corrected chi connectivity index (χ2v) is 9.24. The highest BCUT2D eigenvalue weighted by molar-refractivity contribution is 7.92. The van der Waals surface area contributed by atoms with Crippen LogP contribution in [-0.2, 0) is 14.8 Å². The number of carbonyl (C=O) groups is 1. The molecule has 0 aliphatic carbocycles. The van der Waals surface area contributed by atoms with Gasteiger partial charge in [-0.3, -0.25) is 9.10 Å². The molecule has 0 aliphatic rings. The summed E-state index contributed by atoms with van der Waals surface area (Å²) < 4.78 is 31.2. The number of ether oxygens (including phenoxy) is 1. The minimum atomic E-state index is -3.68. The lowest BCUT2D eigenvalue weighted by atomic mass is 10.3. The molecule has 3 rings (SSSR count). The van der Waals surface area contributed by atoms with Gasteiger partial charge in [-0.1, -0.05) is 24.3 Å². The quantitative estimate of drug-likeness (QED) is 0.423. The molecule has 7 nitrogen and oxygen atoms in total. The molecule has 0 bridgehead atoms. The third kappa shape index (κ3) is 5.91. The third-order valence-corrected chi connectivity index (χ3v) is 6.14. The zero-order valence-corrected chi connectivity index (χ0v) is 18.1. The maximum absolute atomic E-state index is 12.3. The van der Waals surface area contributed by atoms with E-state index in [1.165, 1.54) is 11.3 Å². The molecule has 30 heavy (non-hydrogen) atoms. The first kappa shape index (κ1) is 21.5. The van der Waals surface area contributed by atoms with E-state index in [-0.39, 0.29) is 6.54 Å². The number of para-hydroxylation sites is 1. The van der Waals surface area contributed by atoms with Crippen LogP contribution in [0.2, 0.25) is 0 Å². The topological polar surface area (TPSA) is 88.1 Å². The van der Waals surface area contributed by atoms with Gasteiger partial charge < -0.3 is 4.74 Å². The van der Waals surface area contributed by atoms with Gasteiger partial charge in [0.15, 0.2) is 0 Å². The Bertz CT molecular complexity index is 1110. The summed E-state index contributed by atoms with van der Waals surface area (Å²) in [6.45, 7) is 1.38. The van der Waals surface area contributed by atoms with Gasteiger partial charge in [0.1, 0.15) is 18.0 Å². The van der Waals surface area contributed by atoms with E-state index in [4.69, 9.17) is 4.74 Å². The van der Waals surface area contributed by atoms with Crippen LogP contribution < -0.4 is 14.5 Å². The van der Waals surface area contributed by atoms with Crippen LogP contribution in [0.25, 0.3) is 0 Å². The molecule has 2 aromatic carbocycles. The molecule has 0 fully saturated rings. The molecule has 1 N–H and O–H groups in total. The van der Waals surface area contributed by atoms with Gasteiger partial charge in [0.25, 0.3) is 5.91 Å². The fraction of sp³-hybridized carbons (Fsp3) is 0.143. The van der Waals surface area contributed by atoms with E-state index in [0.717, 1.165) is 15.4 Å². The molecular formula is C21H21N3O4S2. The Labute approximate surface area is 179 Å². The van der Waals surface area contributed by atoms with Crippen LogP contribution >= 0.6 is 11.3 Å². The van der Waals surface area contributed by atoms with Crippen molar-refractivity contribution >= 4 is 38.7 Å². The standard InChI is InChI=1S/C21H21N3O4S2/c1-16(20-9-6-14-29-20)22-23-21(25)15-24(30(2,26)27)17-10-12-19(13-11-17)28-18-7-4-3-5-8-18/h3-14H,15H2,1-2H3,(H,23,25)/b22-16-. The molecule has 0 radical (unpaired) electrons. The van der Waals surface area contributed by atoms with E-state index in [1.807, 2.05) is 47.8 Å². The van der Waals surface area contributed by atoms with Crippen LogP contribution in [0.15, 0.2) is 77.2 Å². The van der Waals surface area contributed by atoms with Crippen molar-refractivity contribution in [3.8, 4) is 11.5 Å². The van der Waals surface area contributed by atoms with E-state index < -0.39 is 15.9 Å². The maximum atomic E-state index is 12.3. The van der Waals surface area contributed by atoms with Crippen LogP contribution in [0, 0.1) is 0 Å². The maximum Gasteiger partial charge on any atom is 0.260 e. The molecule has 1 aromatic heterocycles. The van der Waals surface area contributed by atoms with Crippen molar-refractivity contribution in [2.45, 2.75) is 6.92 Å². The summed E-state index contributed by atoms with van der Waals surface area (Å²) >= 11 is 1.50. The minimum Gasteiger partial charge on any atom is -0.457 e. The Morgan fingerprint density at radius 3 is 2.30 bits per heavy atom. The molecule has 0 unspecified atom stereocenters. The number of thiophene rings is 1. The van der Waals surface area contributed by atoms with Gasteiger partial charge in [-0.15, -0.1) is 11.3 Å². The van der Waals surface area contributed by atoms with Gasteiger partial charge in [-0.05, 0) is 54.8 Å². The summed E-state index contributed by atoms with van der Waals surface area (Å²) in [5, 5.41) is 5.95. The number of hydrogen-bond donors (Lipinski definition) is 1. The first-order chi connectivity index (χ1) is 14.3. The van der Waals surface area contributed by atoms with Gasteiger partial charge in [-0.2, -0.15) is 5.10 Å². The number of nitrogens with one attached hydrogen (secondary N) is 1. The summed E-state index contributed by atoms with van der Waals surface area (Å²) in [6.07, 6.45) is 1.05.